The summed E-state index contributed by atoms with van der Waals surface area (Å²) in [6.07, 6.45) is 1.40. The molecule has 0 fully saturated rings. The fraction of sp³-hybridized carbons (Fsp3) is 0.167. The van der Waals surface area contributed by atoms with Crippen molar-refractivity contribution in [2.75, 3.05) is 16.2 Å². The SMILES string of the molecule is CCN(c1ccccc1)S(=O)(=O)c1ccc(NCc2cccs2)nc1. The highest BCUT2D eigenvalue weighted by atomic mass is 32.2. The number of hydrogen-bond acceptors (Lipinski definition) is 5. The second-order valence-electron chi connectivity index (χ2n) is 5.32. The molecule has 5 nitrogen and oxygen atoms in total. The minimum absolute atomic E-state index is 0.180. The number of aromatic nitrogens is 1. The van der Waals surface area contributed by atoms with Crippen molar-refractivity contribution in [1.29, 1.82) is 0 Å². The number of anilines is 2. The molecular formula is C18H19N3O2S2. The van der Waals surface area contributed by atoms with Gasteiger partial charge in [-0.15, -0.1) is 11.3 Å². The van der Waals surface area contributed by atoms with E-state index in [1.165, 1.54) is 15.4 Å². The van der Waals surface area contributed by atoms with Crippen LogP contribution in [-0.4, -0.2) is 19.9 Å². The lowest BCUT2D eigenvalue weighted by molar-refractivity contribution is 0.591. The first-order valence-corrected chi connectivity index (χ1v) is 10.2. The van der Waals surface area contributed by atoms with Gasteiger partial charge in [-0.2, -0.15) is 0 Å². The number of nitrogens with zero attached hydrogens (tertiary/aromatic N) is 2. The first-order chi connectivity index (χ1) is 12.1. The van der Waals surface area contributed by atoms with Crippen molar-refractivity contribution < 1.29 is 8.42 Å². The van der Waals surface area contributed by atoms with Crippen LogP contribution in [0.15, 0.2) is 71.1 Å². The Labute approximate surface area is 152 Å². The van der Waals surface area contributed by atoms with E-state index in [2.05, 4.69) is 10.3 Å². The molecule has 0 aliphatic heterocycles. The Kier molecular flexibility index (Phi) is 5.35. The number of hydrogen-bond donors (Lipinski definition) is 1. The number of rotatable bonds is 7. The molecule has 0 unspecified atom stereocenters. The molecule has 0 spiro atoms. The van der Waals surface area contributed by atoms with Crippen LogP contribution in [0.5, 0.6) is 0 Å². The van der Waals surface area contributed by atoms with Gasteiger partial charge < -0.3 is 5.32 Å². The predicted molar refractivity (Wildman–Crippen MR) is 103 cm³/mol. The van der Waals surface area contributed by atoms with Crippen molar-refractivity contribution in [3.8, 4) is 0 Å². The Morgan fingerprint density at radius 3 is 2.48 bits per heavy atom. The molecular weight excluding hydrogens is 354 g/mol. The zero-order valence-electron chi connectivity index (χ0n) is 13.8. The van der Waals surface area contributed by atoms with Crippen molar-refractivity contribution in [2.24, 2.45) is 0 Å². The van der Waals surface area contributed by atoms with Crippen LogP contribution in [0, 0.1) is 0 Å². The zero-order chi connectivity index (χ0) is 17.7. The molecule has 1 N–H and O–H groups in total. The van der Waals surface area contributed by atoms with Gasteiger partial charge >= 0.3 is 0 Å². The van der Waals surface area contributed by atoms with Crippen molar-refractivity contribution in [1.82, 2.24) is 4.98 Å². The van der Waals surface area contributed by atoms with E-state index in [0.29, 0.717) is 24.6 Å². The molecule has 3 rings (SSSR count). The molecule has 0 saturated carbocycles. The monoisotopic (exact) mass is 373 g/mol. The molecule has 7 heteroatoms. The van der Waals surface area contributed by atoms with Crippen LogP contribution in [-0.2, 0) is 16.6 Å². The predicted octanol–water partition coefficient (Wildman–Crippen LogP) is 3.97. The van der Waals surface area contributed by atoms with Crippen LogP contribution in [0.2, 0.25) is 0 Å². The summed E-state index contributed by atoms with van der Waals surface area (Å²) in [5, 5.41) is 5.21. The highest BCUT2D eigenvalue weighted by Crippen LogP contribution is 2.23. The molecule has 0 bridgehead atoms. The van der Waals surface area contributed by atoms with Gasteiger partial charge in [0.05, 0.1) is 12.2 Å². The summed E-state index contributed by atoms with van der Waals surface area (Å²) in [4.78, 5) is 5.62. The van der Waals surface area contributed by atoms with Crippen molar-refractivity contribution in [3.63, 3.8) is 0 Å². The molecule has 0 aliphatic rings. The summed E-state index contributed by atoms with van der Waals surface area (Å²) in [5.41, 5.74) is 0.643. The number of sulfonamides is 1. The van der Waals surface area contributed by atoms with E-state index in [4.69, 9.17) is 0 Å². The first kappa shape index (κ1) is 17.4. The summed E-state index contributed by atoms with van der Waals surface area (Å²) < 4.78 is 27.2. The Hall–Kier alpha value is -2.38. The number of thiophene rings is 1. The minimum atomic E-state index is -3.63. The maximum atomic E-state index is 12.9. The second kappa shape index (κ2) is 7.67. The van der Waals surface area contributed by atoms with Crippen LogP contribution in [0.25, 0.3) is 0 Å². The Morgan fingerprint density at radius 1 is 1.08 bits per heavy atom. The van der Waals surface area contributed by atoms with Crippen LogP contribution >= 0.6 is 11.3 Å². The summed E-state index contributed by atoms with van der Waals surface area (Å²) >= 11 is 1.66. The zero-order valence-corrected chi connectivity index (χ0v) is 15.4. The lowest BCUT2D eigenvalue weighted by atomic mass is 10.3. The van der Waals surface area contributed by atoms with Crippen molar-refractivity contribution in [3.05, 3.63) is 71.1 Å². The van der Waals surface area contributed by atoms with Crippen LogP contribution < -0.4 is 9.62 Å². The fourth-order valence-corrected chi connectivity index (χ4v) is 4.51. The van der Waals surface area contributed by atoms with Gasteiger partial charge in [0.15, 0.2) is 0 Å². The lowest BCUT2D eigenvalue weighted by Gasteiger charge is -2.22. The fourth-order valence-electron chi connectivity index (χ4n) is 2.44. The standard InChI is InChI=1S/C18H19N3O2S2/c1-2-21(15-7-4-3-5-8-15)25(22,23)17-10-11-18(20-14-17)19-13-16-9-6-12-24-16/h3-12,14H,2,13H2,1H3,(H,19,20). The first-order valence-electron chi connectivity index (χ1n) is 7.91. The van der Waals surface area contributed by atoms with Crippen LogP contribution in [0.4, 0.5) is 11.5 Å². The summed E-state index contributed by atoms with van der Waals surface area (Å²) in [5.74, 6) is 0.648. The van der Waals surface area contributed by atoms with Gasteiger partial charge in [0.25, 0.3) is 10.0 Å². The summed E-state index contributed by atoms with van der Waals surface area (Å²) in [6, 6.07) is 16.4. The topological polar surface area (TPSA) is 62.3 Å². The van der Waals surface area contributed by atoms with Gasteiger partial charge in [0, 0.05) is 17.6 Å². The van der Waals surface area contributed by atoms with E-state index in [0.717, 1.165) is 0 Å². The number of nitrogens with one attached hydrogen (secondary N) is 1. The third-order valence-electron chi connectivity index (χ3n) is 3.68. The molecule has 130 valence electrons. The van der Waals surface area contributed by atoms with E-state index in [-0.39, 0.29) is 4.90 Å². The largest absolute Gasteiger partial charge is 0.365 e. The molecule has 0 saturated heterocycles. The molecule has 0 radical (unpaired) electrons. The van der Waals surface area contributed by atoms with E-state index in [1.54, 1.807) is 35.6 Å². The summed E-state index contributed by atoms with van der Waals surface area (Å²) in [7, 11) is -3.63. The molecule has 3 aromatic rings. The van der Waals surface area contributed by atoms with Gasteiger partial charge in [-0.05, 0) is 42.6 Å². The van der Waals surface area contributed by atoms with Gasteiger partial charge in [0.1, 0.15) is 10.7 Å². The molecule has 0 amide bonds. The molecule has 0 atom stereocenters. The number of para-hydroxylation sites is 1. The van der Waals surface area contributed by atoms with E-state index >= 15 is 0 Å². The molecule has 0 aliphatic carbocycles. The quantitative estimate of drug-likeness (QED) is 0.681. The highest BCUT2D eigenvalue weighted by Gasteiger charge is 2.23. The third kappa shape index (κ3) is 4.00. The normalized spacial score (nSPS) is 11.2. The van der Waals surface area contributed by atoms with Crippen molar-refractivity contribution >= 4 is 32.9 Å². The minimum Gasteiger partial charge on any atom is -0.365 e. The van der Waals surface area contributed by atoms with E-state index in [1.807, 2.05) is 42.6 Å². The molecule has 25 heavy (non-hydrogen) atoms. The second-order valence-corrected chi connectivity index (χ2v) is 8.21. The Bertz CT molecular complexity index is 893. The maximum absolute atomic E-state index is 12.9. The van der Waals surface area contributed by atoms with Gasteiger partial charge in [-0.3, -0.25) is 4.31 Å². The summed E-state index contributed by atoms with van der Waals surface area (Å²) in [6.45, 7) is 2.83. The molecule has 1 aromatic carbocycles. The molecule has 2 aromatic heterocycles. The van der Waals surface area contributed by atoms with E-state index < -0.39 is 10.0 Å². The smallest absolute Gasteiger partial charge is 0.265 e. The van der Waals surface area contributed by atoms with Crippen molar-refractivity contribution in [2.45, 2.75) is 18.4 Å². The van der Waals surface area contributed by atoms with Crippen LogP contribution in [0.1, 0.15) is 11.8 Å². The lowest BCUT2D eigenvalue weighted by Crippen LogP contribution is -2.30. The Morgan fingerprint density at radius 2 is 1.88 bits per heavy atom. The third-order valence-corrected chi connectivity index (χ3v) is 6.44. The maximum Gasteiger partial charge on any atom is 0.265 e. The van der Waals surface area contributed by atoms with Gasteiger partial charge in [-0.1, -0.05) is 24.3 Å². The Balaban J connectivity index is 1.78. The van der Waals surface area contributed by atoms with Gasteiger partial charge in [0.2, 0.25) is 0 Å². The van der Waals surface area contributed by atoms with Crippen LogP contribution in [0.3, 0.4) is 0 Å². The number of benzene rings is 1. The highest BCUT2D eigenvalue weighted by molar-refractivity contribution is 7.92. The number of pyridine rings is 1. The molecule has 2 heterocycles. The van der Waals surface area contributed by atoms with Gasteiger partial charge in [-0.25, -0.2) is 13.4 Å². The average Bonchev–Trinajstić information content (AvgIpc) is 3.15. The average molecular weight is 374 g/mol. The van der Waals surface area contributed by atoms with E-state index in [9.17, 15) is 8.42 Å².